The Balaban J connectivity index is 1.64. The molecular formula is C29H27ClF3N4O5S-. The van der Waals surface area contributed by atoms with E-state index in [2.05, 4.69) is 10.3 Å². The molecule has 4 aromatic rings. The molecule has 2 amide bonds. The first-order valence-corrected chi connectivity index (χ1v) is 14.3. The highest BCUT2D eigenvalue weighted by atomic mass is 35.5. The molecule has 228 valence electrons. The first-order chi connectivity index (χ1) is 20.1. The van der Waals surface area contributed by atoms with E-state index < -0.39 is 39.7 Å². The number of aryl methyl sites for hydroxylation is 1. The number of nitrogens with zero attached hydrogens (tertiary/aromatic N) is 3. The van der Waals surface area contributed by atoms with Crippen LogP contribution in [0.4, 0.5) is 18.0 Å². The van der Waals surface area contributed by atoms with E-state index >= 15 is 0 Å². The van der Waals surface area contributed by atoms with Crippen molar-refractivity contribution < 1.29 is 36.3 Å². The van der Waals surface area contributed by atoms with E-state index in [0.717, 1.165) is 11.6 Å². The van der Waals surface area contributed by atoms with Gasteiger partial charge >= 0.3 is 12.3 Å². The molecule has 1 aromatic heterocycles. The molecule has 43 heavy (non-hydrogen) atoms. The standard InChI is InChI=1S/C29H28ClF3N4O5S/c1-17-5-11-21(12-6-17)42-27(39)36(43(40)41)14-13-19-7-9-20(10-8-19)37-25-16-23(30)22(29(31,32)33)15-24(25)34-26(37)28(3,4)35-18(2)38/h5-12,15-16H,13-14H2,1-4H3,(H,35,38)(H,40,41)/p-1. The summed E-state index contributed by atoms with van der Waals surface area (Å²) in [6.07, 6.45) is -5.61. The minimum absolute atomic E-state index is 0.0230. The highest BCUT2D eigenvalue weighted by Gasteiger charge is 2.36. The number of carbonyl (C=O) groups is 2. The molecule has 1 N–H and O–H groups in total. The van der Waals surface area contributed by atoms with Crippen molar-refractivity contribution in [3.8, 4) is 11.4 Å². The number of fused-ring (bicyclic) bond motifs is 1. The third-order valence-corrected chi connectivity index (χ3v) is 7.51. The molecule has 0 aliphatic rings. The highest BCUT2D eigenvalue weighted by Crippen LogP contribution is 2.39. The molecule has 0 spiro atoms. The number of carbonyl (C=O) groups excluding carboxylic acids is 2. The first-order valence-electron chi connectivity index (χ1n) is 12.9. The Labute approximate surface area is 253 Å². The van der Waals surface area contributed by atoms with E-state index in [1.165, 1.54) is 13.0 Å². The number of halogens is 4. The molecule has 0 saturated heterocycles. The van der Waals surface area contributed by atoms with Crippen molar-refractivity contribution in [3.05, 3.63) is 88.2 Å². The molecule has 0 aliphatic carbocycles. The van der Waals surface area contributed by atoms with Gasteiger partial charge in [0.2, 0.25) is 5.91 Å². The lowest BCUT2D eigenvalue weighted by molar-refractivity contribution is -0.137. The van der Waals surface area contributed by atoms with Crippen LogP contribution in [0.15, 0.2) is 60.7 Å². The van der Waals surface area contributed by atoms with Crippen molar-refractivity contribution in [3.63, 3.8) is 0 Å². The van der Waals surface area contributed by atoms with Crippen molar-refractivity contribution in [2.75, 3.05) is 6.54 Å². The molecule has 14 heteroatoms. The lowest BCUT2D eigenvalue weighted by Crippen LogP contribution is -2.41. The normalized spacial score (nSPS) is 12.7. The predicted octanol–water partition coefficient (Wildman–Crippen LogP) is 6.21. The molecule has 0 aliphatic heterocycles. The molecule has 9 nitrogen and oxygen atoms in total. The van der Waals surface area contributed by atoms with Crippen LogP contribution in [0.25, 0.3) is 16.7 Å². The molecule has 4 rings (SSSR count). The monoisotopic (exact) mass is 635 g/mol. The summed E-state index contributed by atoms with van der Waals surface area (Å²) in [5.74, 6) is 0.0882. The number of ether oxygens (including phenoxy) is 1. The van der Waals surface area contributed by atoms with Crippen LogP contribution < -0.4 is 10.1 Å². The molecule has 3 aromatic carbocycles. The lowest BCUT2D eigenvalue weighted by Gasteiger charge is -2.26. The Bertz CT molecular complexity index is 1690. The van der Waals surface area contributed by atoms with E-state index in [1.54, 1.807) is 66.9 Å². The second-order valence-electron chi connectivity index (χ2n) is 10.3. The van der Waals surface area contributed by atoms with Crippen molar-refractivity contribution in [2.45, 2.75) is 45.8 Å². The Morgan fingerprint density at radius 2 is 1.72 bits per heavy atom. The number of benzene rings is 3. The van der Waals surface area contributed by atoms with Gasteiger partial charge < -0.3 is 14.6 Å². The van der Waals surface area contributed by atoms with Crippen LogP contribution >= 0.6 is 11.6 Å². The Hall–Kier alpha value is -3.94. The number of hydrogen-bond donors (Lipinski definition) is 1. The smallest absolute Gasteiger partial charge is 0.426 e. The molecular weight excluding hydrogens is 609 g/mol. The zero-order valence-corrected chi connectivity index (χ0v) is 25.1. The molecule has 1 atom stereocenters. The molecule has 0 fully saturated rings. The fourth-order valence-electron chi connectivity index (χ4n) is 4.52. The number of nitrogens with one attached hydrogen (secondary N) is 1. The summed E-state index contributed by atoms with van der Waals surface area (Å²) in [7, 11) is 0. The molecule has 1 unspecified atom stereocenters. The van der Waals surface area contributed by atoms with E-state index in [4.69, 9.17) is 16.3 Å². The maximum atomic E-state index is 13.6. The zero-order chi connectivity index (χ0) is 31.7. The summed E-state index contributed by atoms with van der Waals surface area (Å²) in [6.45, 7) is 6.30. The third-order valence-electron chi connectivity index (χ3n) is 6.50. The molecule has 0 bridgehead atoms. The summed E-state index contributed by atoms with van der Waals surface area (Å²) >= 11 is 3.15. The van der Waals surface area contributed by atoms with Gasteiger partial charge in [0.15, 0.2) is 0 Å². The van der Waals surface area contributed by atoms with Crippen molar-refractivity contribution >= 4 is 45.9 Å². The summed E-state index contributed by atoms with van der Waals surface area (Å²) in [6, 6.07) is 15.3. The molecule has 0 saturated carbocycles. The van der Waals surface area contributed by atoms with Gasteiger partial charge in [-0.2, -0.15) is 13.2 Å². The van der Waals surface area contributed by atoms with Gasteiger partial charge in [0.1, 0.15) is 11.6 Å². The van der Waals surface area contributed by atoms with E-state index in [0.29, 0.717) is 15.6 Å². The number of amides is 2. The van der Waals surface area contributed by atoms with Crippen molar-refractivity contribution in [1.82, 2.24) is 19.2 Å². The fourth-order valence-corrected chi connectivity index (χ4v) is 5.18. The minimum Gasteiger partial charge on any atom is -0.755 e. The van der Waals surface area contributed by atoms with Crippen LogP contribution in [-0.4, -0.2) is 41.2 Å². The summed E-state index contributed by atoms with van der Waals surface area (Å²) < 4.78 is 71.6. The van der Waals surface area contributed by atoms with Gasteiger partial charge in [0.25, 0.3) is 0 Å². The number of rotatable bonds is 8. The Morgan fingerprint density at radius 1 is 1.09 bits per heavy atom. The van der Waals surface area contributed by atoms with Gasteiger partial charge in [-0.1, -0.05) is 41.4 Å². The number of hydrogen-bond acceptors (Lipinski definition) is 6. The number of aromatic nitrogens is 2. The Morgan fingerprint density at radius 3 is 2.28 bits per heavy atom. The van der Waals surface area contributed by atoms with Gasteiger partial charge in [-0.3, -0.25) is 13.6 Å². The van der Waals surface area contributed by atoms with E-state index in [9.17, 15) is 31.5 Å². The number of imidazole rings is 1. The van der Waals surface area contributed by atoms with Gasteiger partial charge in [0, 0.05) is 19.2 Å². The molecule has 1 heterocycles. The van der Waals surface area contributed by atoms with E-state index in [1.807, 2.05) is 6.92 Å². The van der Waals surface area contributed by atoms with Gasteiger partial charge in [-0.05, 0) is 69.2 Å². The maximum Gasteiger partial charge on any atom is 0.426 e. The number of alkyl halides is 3. The van der Waals surface area contributed by atoms with Gasteiger partial charge in [-0.25, -0.2) is 14.1 Å². The first kappa shape index (κ1) is 32.0. The largest absolute Gasteiger partial charge is 0.755 e. The van der Waals surface area contributed by atoms with Crippen LogP contribution in [-0.2, 0) is 34.2 Å². The zero-order valence-electron chi connectivity index (χ0n) is 23.5. The Kier molecular flexibility index (Phi) is 9.19. The second-order valence-corrected chi connectivity index (χ2v) is 11.6. The topological polar surface area (TPSA) is 117 Å². The third kappa shape index (κ3) is 7.35. The van der Waals surface area contributed by atoms with Crippen LogP contribution in [0.3, 0.4) is 0 Å². The van der Waals surface area contributed by atoms with Gasteiger partial charge in [-0.15, -0.1) is 0 Å². The van der Waals surface area contributed by atoms with Crippen molar-refractivity contribution in [1.29, 1.82) is 0 Å². The summed E-state index contributed by atoms with van der Waals surface area (Å²) in [5.41, 5.74) is 0.277. The van der Waals surface area contributed by atoms with Gasteiger partial charge in [0.05, 0.1) is 38.4 Å². The van der Waals surface area contributed by atoms with E-state index in [-0.39, 0.29) is 41.5 Å². The van der Waals surface area contributed by atoms with Crippen molar-refractivity contribution in [2.24, 2.45) is 0 Å². The second kappa shape index (κ2) is 12.3. The lowest BCUT2D eigenvalue weighted by atomic mass is 10.0. The minimum atomic E-state index is -4.70. The van der Waals surface area contributed by atoms with Crippen LogP contribution in [0.2, 0.25) is 5.02 Å². The summed E-state index contributed by atoms with van der Waals surface area (Å²) in [4.78, 5) is 28.9. The fraction of sp³-hybridized carbons (Fsp3) is 0.276. The maximum absolute atomic E-state index is 13.6. The predicted molar refractivity (Wildman–Crippen MR) is 154 cm³/mol. The van der Waals surface area contributed by atoms with Crippen LogP contribution in [0.1, 0.15) is 43.3 Å². The van der Waals surface area contributed by atoms with Crippen LogP contribution in [0.5, 0.6) is 5.75 Å². The molecule has 0 radical (unpaired) electrons. The SMILES string of the molecule is CC(=O)NC(C)(C)c1nc2cc(C(F)(F)F)c(Cl)cc2n1-c1ccc(CCN(C(=O)Oc2ccc(C)cc2)S(=O)[O-])cc1. The highest BCUT2D eigenvalue weighted by molar-refractivity contribution is 7.77. The average molecular weight is 636 g/mol. The quantitative estimate of drug-likeness (QED) is 0.230. The van der Waals surface area contributed by atoms with Crippen LogP contribution in [0, 0.1) is 6.92 Å². The summed E-state index contributed by atoms with van der Waals surface area (Å²) in [5, 5.41) is 2.26. The average Bonchev–Trinajstić information content (AvgIpc) is 3.28.